The molecule has 2 aromatic carbocycles. The molecule has 0 saturated heterocycles. The number of aryl methyl sites for hydroxylation is 1. The number of fused-ring (bicyclic) bond motifs is 3. The number of nitrogens with one attached hydrogen (secondary N) is 1. The third-order valence-electron chi connectivity index (χ3n) is 5.66. The zero-order valence-electron chi connectivity index (χ0n) is 17.4. The summed E-state index contributed by atoms with van der Waals surface area (Å²) in [5.41, 5.74) is 6.02. The van der Waals surface area contributed by atoms with Crippen molar-refractivity contribution in [1.29, 1.82) is 0 Å². The van der Waals surface area contributed by atoms with E-state index in [1.165, 1.54) is 11.1 Å². The molecule has 0 aliphatic heterocycles. The Balaban J connectivity index is 1.28. The summed E-state index contributed by atoms with van der Waals surface area (Å²) >= 11 is 0. The smallest absolute Gasteiger partial charge is 0.407 e. The molecule has 4 rings (SSSR count). The first-order valence-corrected chi connectivity index (χ1v) is 10.4. The average Bonchev–Trinajstić information content (AvgIpc) is 3.11. The first kappa shape index (κ1) is 21.0. The van der Waals surface area contributed by atoms with Gasteiger partial charge in [-0.2, -0.15) is 0 Å². The Morgan fingerprint density at radius 3 is 2.35 bits per heavy atom. The number of ether oxygens (including phenoxy) is 1. The summed E-state index contributed by atoms with van der Waals surface area (Å²) in [5, 5.41) is 23.1. The number of nitrogens with zero attached hydrogens (tertiary/aromatic N) is 1. The van der Waals surface area contributed by atoms with Gasteiger partial charge in [0.05, 0.1) is 11.8 Å². The largest absolute Gasteiger partial charge is 0.449 e. The van der Waals surface area contributed by atoms with Crippen LogP contribution in [0.25, 0.3) is 11.1 Å². The Bertz CT molecular complexity index is 1020. The molecule has 31 heavy (non-hydrogen) atoms. The maximum Gasteiger partial charge on any atom is 0.407 e. The molecule has 3 aromatic rings. The highest BCUT2D eigenvalue weighted by molar-refractivity contribution is 5.79. The lowest BCUT2D eigenvalue weighted by molar-refractivity contribution is 0.0111. The lowest BCUT2D eigenvalue weighted by Crippen LogP contribution is -2.30. The first-order chi connectivity index (χ1) is 15.0. The normalized spacial score (nSPS) is 14.4. The van der Waals surface area contributed by atoms with Gasteiger partial charge in [-0.1, -0.05) is 48.5 Å². The van der Waals surface area contributed by atoms with Crippen molar-refractivity contribution >= 4 is 6.09 Å². The summed E-state index contributed by atoms with van der Waals surface area (Å²) in [4.78, 5) is 16.3. The molecule has 0 saturated carbocycles. The second-order valence-electron chi connectivity index (χ2n) is 7.81. The molecule has 1 amide bonds. The van der Waals surface area contributed by atoms with Gasteiger partial charge in [-0.05, 0) is 53.3 Å². The van der Waals surface area contributed by atoms with E-state index in [0.29, 0.717) is 5.69 Å². The van der Waals surface area contributed by atoms with Crippen LogP contribution in [0.4, 0.5) is 4.79 Å². The highest BCUT2D eigenvalue weighted by atomic mass is 16.5. The highest BCUT2D eigenvalue weighted by Crippen LogP contribution is 2.44. The second kappa shape index (κ2) is 9.29. The Labute approximate surface area is 181 Å². The Hall–Kier alpha value is -3.22. The predicted molar refractivity (Wildman–Crippen MR) is 118 cm³/mol. The van der Waals surface area contributed by atoms with Gasteiger partial charge in [-0.3, -0.25) is 4.98 Å². The van der Waals surface area contributed by atoms with Crippen molar-refractivity contribution in [3.05, 3.63) is 89.2 Å². The Morgan fingerprint density at radius 1 is 1.06 bits per heavy atom. The minimum absolute atomic E-state index is 0.00189. The number of pyridine rings is 1. The Kier molecular flexibility index (Phi) is 6.30. The number of aliphatic hydroxyl groups is 2. The molecule has 1 aromatic heterocycles. The van der Waals surface area contributed by atoms with Crippen molar-refractivity contribution in [2.45, 2.75) is 31.5 Å². The zero-order chi connectivity index (χ0) is 21.8. The minimum atomic E-state index is -1.11. The van der Waals surface area contributed by atoms with Crippen molar-refractivity contribution in [3.8, 4) is 11.1 Å². The molecule has 0 bridgehead atoms. The van der Waals surface area contributed by atoms with E-state index in [0.717, 1.165) is 16.7 Å². The molecule has 6 heteroatoms. The molecule has 6 nitrogen and oxygen atoms in total. The lowest BCUT2D eigenvalue weighted by atomic mass is 9.98. The number of alkyl carbamates (subject to hydrolysis) is 1. The summed E-state index contributed by atoms with van der Waals surface area (Å²) in [5.74, 6) is -0.00189. The van der Waals surface area contributed by atoms with Crippen molar-refractivity contribution in [2.24, 2.45) is 0 Å². The first-order valence-electron chi connectivity index (χ1n) is 10.4. The minimum Gasteiger partial charge on any atom is -0.449 e. The number of carbonyl (C=O) groups is 1. The van der Waals surface area contributed by atoms with Gasteiger partial charge < -0.3 is 20.3 Å². The van der Waals surface area contributed by atoms with Crippen molar-refractivity contribution in [1.82, 2.24) is 10.3 Å². The van der Waals surface area contributed by atoms with Crippen LogP contribution >= 0.6 is 0 Å². The maximum absolute atomic E-state index is 12.2. The number of amides is 1. The fraction of sp³-hybridized carbons (Fsp3) is 0.280. The molecule has 3 N–H and O–H groups in total. The van der Waals surface area contributed by atoms with E-state index in [-0.39, 0.29) is 25.5 Å². The molecule has 1 aliphatic carbocycles. The molecule has 0 radical (unpaired) electrons. The fourth-order valence-electron chi connectivity index (χ4n) is 4.05. The third kappa shape index (κ3) is 4.60. The highest BCUT2D eigenvalue weighted by Gasteiger charge is 2.29. The van der Waals surface area contributed by atoms with Gasteiger partial charge in [0, 0.05) is 18.7 Å². The second-order valence-corrected chi connectivity index (χ2v) is 7.81. The van der Waals surface area contributed by atoms with Crippen LogP contribution in [-0.2, 0) is 4.74 Å². The van der Waals surface area contributed by atoms with Crippen LogP contribution in [0.15, 0.2) is 66.9 Å². The van der Waals surface area contributed by atoms with E-state index >= 15 is 0 Å². The number of rotatable bonds is 7. The van der Waals surface area contributed by atoms with Crippen LogP contribution in [0.3, 0.4) is 0 Å². The monoisotopic (exact) mass is 418 g/mol. The summed E-state index contributed by atoms with van der Waals surface area (Å²) in [6.45, 7) is 2.31. The topological polar surface area (TPSA) is 91.7 Å². The van der Waals surface area contributed by atoms with E-state index in [4.69, 9.17) is 4.74 Å². The zero-order valence-corrected chi connectivity index (χ0v) is 17.4. The van der Waals surface area contributed by atoms with E-state index in [9.17, 15) is 15.0 Å². The SMILES string of the molecule is Cc1ccnc(C(O)C(O)CCNC(=O)OCC2c3ccccc3-c3ccccc32)c1. The fourth-order valence-corrected chi connectivity index (χ4v) is 4.05. The van der Waals surface area contributed by atoms with Crippen molar-refractivity contribution in [2.75, 3.05) is 13.2 Å². The van der Waals surface area contributed by atoms with Crippen LogP contribution in [0.1, 0.15) is 40.8 Å². The quantitative estimate of drug-likeness (QED) is 0.544. The summed E-state index contributed by atoms with van der Waals surface area (Å²) < 4.78 is 5.48. The Morgan fingerprint density at radius 2 is 1.71 bits per heavy atom. The van der Waals surface area contributed by atoms with Gasteiger partial charge in [0.1, 0.15) is 12.7 Å². The number of hydrogen-bond acceptors (Lipinski definition) is 5. The van der Waals surface area contributed by atoms with Crippen LogP contribution in [-0.4, -0.2) is 40.5 Å². The van der Waals surface area contributed by atoms with E-state index < -0.39 is 18.3 Å². The summed E-state index contributed by atoms with van der Waals surface area (Å²) in [6.07, 6.45) is -0.916. The number of hydrogen-bond donors (Lipinski definition) is 3. The number of benzene rings is 2. The van der Waals surface area contributed by atoms with Crippen LogP contribution in [0.5, 0.6) is 0 Å². The van der Waals surface area contributed by atoms with E-state index in [1.54, 1.807) is 12.3 Å². The van der Waals surface area contributed by atoms with Gasteiger partial charge in [0.15, 0.2) is 0 Å². The van der Waals surface area contributed by atoms with Gasteiger partial charge in [-0.15, -0.1) is 0 Å². The van der Waals surface area contributed by atoms with Gasteiger partial charge in [-0.25, -0.2) is 4.79 Å². The van der Waals surface area contributed by atoms with Gasteiger partial charge in [0.25, 0.3) is 0 Å². The van der Waals surface area contributed by atoms with E-state index in [2.05, 4.69) is 34.6 Å². The summed E-state index contributed by atoms with van der Waals surface area (Å²) in [7, 11) is 0. The lowest BCUT2D eigenvalue weighted by Gasteiger charge is -2.18. The molecule has 1 aliphatic rings. The standard InChI is InChI=1S/C25H26N2O4/c1-16-10-12-26-22(14-16)24(29)23(28)11-13-27-25(30)31-15-21-19-8-4-2-6-17(19)18-7-3-5-9-20(18)21/h2-10,12,14,21,23-24,28-29H,11,13,15H2,1H3,(H,27,30). The van der Waals surface area contributed by atoms with Gasteiger partial charge >= 0.3 is 6.09 Å². The maximum atomic E-state index is 12.2. The summed E-state index contributed by atoms with van der Waals surface area (Å²) in [6, 6.07) is 19.9. The average molecular weight is 418 g/mol. The molecule has 160 valence electrons. The molecule has 0 spiro atoms. The third-order valence-corrected chi connectivity index (χ3v) is 5.66. The van der Waals surface area contributed by atoms with Crippen LogP contribution in [0.2, 0.25) is 0 Å². The van der Waals surface area contributed by atoms with Crippen LogP contribution in [0, 0.1) is 6.92 Å². The molecular formula is C25H26N2O4. The molecule has 1 heterocycles. The van der Waals surface area contributed by atoms with Crippen molar-refractivity contribution in [3.63, 3.8) is 0 Å². The predicted octanol–water partition coefficient (Wildman–Crippen LogP) is 3.71. The molecule has 0 fully saturated rings. The van der Waals surface area contributed by atoms with Crippen LogP contribution < -0.4 is 5.32 Å². The molecule has 2 atom stereocenters. The molecule has 2 unspecified atom stereocenters. The van der Waals surface area contributed by atoms with Crippen molar-refractivity contribution < 1.29 is 19.7 Å². The number of aromatic nitrogens is 1. The van der Waals surface area contributed by atoms with Gasteiger partial charge in [0.2, 0.25) is 0 Å². The molecular weight excluding hydrogens is 392 g/mol. The number of carbonyl (C=O) groups excluding carboxylic acids is 1. The van der Waals surface area contributed by atoms with E-state index in [1.807, 2.05) is 37.3 Å². The number of aliphatic hydroxyl groups excluding tert-OH is 2.